The second-order valence-corrected chi connectivity index (χ2v) is 8.84. The van der Waals surface area contributed by atoms with E-state index >= 15 is 0 Å². The Hall–Kier alpha value is -3.84. The van der Waals surface area contributed by atoms with Crippen LogP contribution in [0.2, 0.25) is 0 Å². The molecule has 0 fully saturated rings. The summed E-state index contributed by atoms with van der Waals surface area (Å²) in [6.07, 6.45) is -9.15. The Morgan fingerprint density at radius 2 is 0.976 bits per heavy atom. The quantitative estimate of drug-likeness (QED) is 0.180. The number of hydrogen-bond acceptors (Lipinski definition) is 2. The Morgan fingerprint density at radius 3 is 1.45 bits per heavy atom. The van der Waals surface area contributed by atoms with E-state index in [4.69, 9.17) is 10.0 Å². The molecule has 0 amide bonds. The van der Waals surface area contributed by atoms with E-state index in [1.54, 1.807) is 6.92 Å². The molecule has 224 valence electrons. The summed E-state index contributed by atoms with van der Waals surface area (Å²) >= 11 is 0. The molecule has 0 radical (unpaired) electrons. The van der Waals surface area contributed by atoms with Crippen LogP contribution >= 0.6 is 0 Å². The Bertz CT molecular complexity index is 1490. The molecule has 4 aromatic rings. The highest BCUT2D eigenvalue weighted by atomic mass is 19.4. The highest BCUT2D eigenvalue weighted by Crippen LogP contribution is 2.38. The molecule has 0 saturated carbocycles. The summed E-state index contributed by atoms with van der Waals surface area (Å²) in [7, 11) is -2.10. The van der Waals surface area contributed by atoms with Crippen LogP contribution in [0.15, 0.2) is 72.8 Å². The zero-order chi connectivity index (χ0) is 32.0. The molecule has 4 rings (SSSR count). The van der Waals surface area contributed by atoms with Gasteiger partial charge in [0.2, 0.25) is 0 Å². The number of benzene rings is 4. The lowest BCUT2D eigenvalue weighted by Gasteiger charge is -2.14. The molecule has 0 unspecified atom stereocenters. The summed E-state index contributed by atoms with van der Waals surface area (Å²) < 4.78 is 127. The van der Waals surface area contributed by atoms with E-state index in [1.165, 1.54) is 56.3 Å². The first-order chi connectivity index (χ1) is 19.4. The van der Waals surface area contributed by atoms with Crippen LogP contribution in [0.4, 0.5) is 43.9 Å². The minimum atomic E-state index is -4.59. The molecular formula is C29H23BF10O2. The van der Waals surface area contributed by atoms with Gasteiger partial charge in [0.1, 0.15) is 23.3 Å². The lowest BCUT2D eigenvalue weighted by molar-refractivity contribution is -0.137. The van der Waals surface area contributed by atoms with Crippen LogP contribution < -0.4 is 5.46 Å². The molecule has 42 heavy (non-hydrogen) atoms. The zero-order valence-corrected chi connectivity index (χ0v) is 22.2. The minimum Gasteiger partial charge on any atom is -0.423 e. The fraction of sp³-hybridized carbons (Fsp3) is 0.172. The van der Waals surface area contributed by atoms with Gasteiger partial charge in [-0.15, -0.1) is 0 Å². The third-order valence-electron chi connectivity index (χ3n) is 5.90. The summed E-state index contributed by atoms with van der Waals surface area (Å²) in [5.74, 6) is -2.69. The van der Waals surface area contributed by atoms with Crippen molar-refractivity contribution in [3.05, 3.63) is 124 Å². The lowest BCUT2D eigenvalue weighted by atomic mass is 9.77. The SMILES string of the molecule is Cc1c(F)ccc(-c2ccccc2C(F)(F)F)c1F.Cc1ccc(F)c(C)c1F.OB(O)c1ccccc1C(F)(F)F. The largest absolute Gasteiger partial charge is 0.489 e. The monoisotopic (exact) mass is 604 g/mol. The average molecular weight is 604 g/mol. The van der Waals surface area contributed by atoms with Gasteiger partial charge in [-0.25, -0.2) is 17.6 Å². The predicted octanol–water partition coefficient (Wildman–Crippen LogP) is 7.93. The summed E-state index contributed by atoms with van der Waals surface area (Å²) in [6, 6.07) is 13.6. The molecule has 0 aliphatic carbocycles. The standard InChI is InChI=1S/C14H9F5.C8H8F2.C7H6BF3O2/c1-8-12(15)7-6-10(13(8)16)9-4-2-3-5-11(9)14(17,18)19;1-5-3-4-7(9)6(2)8(5)10;9-7(10,11)5-3-1-2-4-6(5)8(12)13/h2-7H,1H3;3-4H,1-2H3;1-4,12-13H. The highest BCUT2D eigenvalue weighted by Gasteiger charge is 2.36. The van der Waals surface area contributed by atoms with E-state index in [2.05, 4.69) is 0 Å². The third-order valence-corrected chi connectivity index (χ3v) is 5.90. The Balaban J connectivity index is 0.000000234. The molecule has 0 heterocycles. The van der Waals surface area contributed by atoms with Gasteiger partial charge in [0.25, 0.3) is 0 Å². The van der Waals surface area contributed by atoms with Crippen LogP contribution in [0.1, 0.15) is 27.8 Å². The maximum atomic E-state index is 13.9. The molecule has 4 aromatic carbocycles. The predicted molar refractivity (Wildman–Crippen MR) is 139 cm³/mol. The van der Waals surface area contributed by atoms with Gasteiger partial charge in [-0.3, -0.25) is 0 Å². The topological polar surface area (TPSA) is 40.5 Å². The number of rotatable bonds is 2. The first-order valence-electron chi connectivity index (χ1n) is 11.9. The Morgan fingerprint density at radius 1 is 0.524 bits per heavy atom. The highest BCUT2D eigenvalue weighted by molar-refractivity contribution is 6.59. The molecule has 0 aromatic heterocycles. The fourth-order valence-electron chi connectivity index (χ4n) is 3.61. The van der Waals surface area contributed by atoms with Crippen LogP contribution in [0, 0.1) is 44.0 Å². The van der Waals surface area contributed by atoms with E-state index in [0.717, 1.165) is 30.3 Å². The number of hydrogen-bond donors (Lipinski definition) is 2. The van der Waals surface area contributed by atoms with Crippen molar-refractivity contribution in [3.63, 3.8) is 0 Å². The van der Waals surface area contributed by atoms with E-state index in [0.29, 0.717) is 5.56 Å². The van der Waals surface area contributed by atoms with Crippen molar-refractivity contribution >= 4 is 12.6 Å². The molecule has 13 heteroatoms. The molecule has 0 aliphatic rings. The van der Waals surface area contributed by atoms with Gasteiger partial charge in [0.15, 0.2) is 0 Å². The minimum absolute atomic E-state index is 0.0972. The number of aryl methyl sites for hydroxylation is 1. The maximum Gasteiger partial charge on any atom is 0.489 e. The first-order valence-corrected chi connectivity index (χ1v) is 11.9. The second kappa shape index (κ2) is 13.9. The van der Waals surface area contributed by atoms with Gasteiger partial charge < -0.3 is 10.0 Å². The summed E-state index contributed by atoms with van der Waals surface area (Å²) in [6.45, 7) is 4.23. The first kappa shape index (κ1) is 34.4. The van der Waals surface area contributed by atoms with Gasteiger partial charge >= 0.3 is 19.5 Å². The molecule has 2 nitrogen and oxygen atoms in total. The summed E-state index contributed by atoms with van der Waals surface area (Å²) in [4.78, 5) is 0. The molecule has 0 aliphatic heterocycles. The normalized spacial score (nSPS) is 11.2. The van der Waals surface area contributed by atoms with Gasteiger partial charge in [0.05, 0.1) is 11.1 Å². The second-order valence-electron chi connectivity index (χ2n) is 8.84. The number of halogens is 10. The summed E-state index contributed by atoms with van der Waals surface area (Å²) in [5, 5.41) is 17.2. The molecule has 0 spiro atoms. The average Bonchev–Trinajstić information content (AvgIpc) is 2.92. The fourth-order valence-corrected chi connectivity index (χ4v) is 3.61. The van der Waals surface area contributed by atoms with E-state index in [1.807, 2.05) is 0 Å². The van der Waals surface area contributed by atoms with Gasteiger partial charge in [0, 0.05) is 16.7 Å². The van der Waals surface area contributed by atoms with Crippen molar-refractivity contribution in [1.82, 2.24) is 0 Å². The van der Waals surface area contributed by atoms with Gasteiger partial charge in [-0.05, 0) is 61.6 Å². The molecule has 2 N–H and O–H groups in total. The van der Waals surface area contributed by atoms with Crippen LogP contribution in [-0.4, -0.2) is 17.2 Å². The Labute approximate surface area is 235 Å². The van der Waals surface area contributed by atoms with Crippen LogP contribution in [0.3, 0.4) is 0 Å². The molecule has 0 atom stereocenters. The van der Waals surface area contributed by atoms with E-state index < -0.39 is 59.3 Å². The molecular weight excluding hydrogens is 581 g/mol. The van der Waals surface area contributed by atoms with Crippen molar-refractivity contribution in [1.29, 1.82) is 0 Å². The van der Waals surface area contributed by atoms with Gasteiger partial charge in [-0.1, -0.05) is 48.5 Å². The lowest BCUT2D eigenvalue weighted by Crippen LogP contribution is -2.35. The van der Waals surface area contributed by atoms with Crippen LogP contribution in [0.5, 0.6) is 0 Å². The molecule has 0 saturated heterocycles. The van der Waals surface area contributed by atoms with Crippen LogP contribution in [-0.2, 0) is 12.4 Å². The smallest absolute Gasteiger partial charge is 0.423 e. The van der Waals surface area contributed by atoms with E-state index in [-0.39, 0.29) is 22.3 Å². The van der Waals surface area contributed by atoms with Crippen molar-refractivity contribution in [3.8, 4) is 11.1 Å². The third kappa shape index (κ3) is 8.59. The van der Waals surface area contributed by atoms with Crippen molar-refractivity contribution in [2.75, 3.05) is 0 Å². The van der Waals surface area contributed by atoms with Crippen LogP contribution in [0.25, 0.3) is 11.1 Å². The van der Waals surface area contributed by atoms with Crippen molar-refractivity contribution in [2.45, 2.75) is 33.1 Å². The Kier molecular flexibility index (Phi) is 11.4. The number of alkyl halides is 6. The maximum absolute atomic E-state index is 13.9. The zero-order valence-electron chi connectivity index (χ0n) is 22.2. The summed E-state index contributed by atoms with van der Waals surface area (Å²) in [5.41, 5.74) is -2.77. The van der Waals surface area contributed by atoms with Gasteiger partial charge in [-0.2, -0.15) is 26.3 Å². The molecule has 0 bridgehead atoms. The van der Waals surface area contributed by atoms with Crippen molar-refractivity contribution in [2.24, 2.45) is 0 Å². The van der Waals surface area contributed by atoms with Crippen molar-refractivity contribution < 1.29 is 54.0 Å². The van der Waals surface area contributed by atoms with E-state index in [9.17, 15) is 43.9 Å².